The smallest absolute Gasteiger partial charge is 0.315 e. The van der Waals surface area contributed by atoms with Gasteiger partial charge in [0.25, 0.3) is 5.91 Å². The quantitative estimate of drug-likeness (QED) is 0.295. The lowest BCUT2D eigenvalue weighted by Gasteiger charge is -2.14. The van der Waals surface area contributed by atoms with Crippen LogP contribution < -0.4 is 16.1 Å². The molecule has 0 atom stereocenters. The zero-order chi connectivity index (χ0) is 22.8. The Bertz CT molecular complexity index is 943. The zero-order valence-corrected chi connectivity index (χ0v) is 18.1. The fourth-order valence-corrected chi connectivity index (χ4v) is 3.53. The van der Waals surface area contributed by atoms with Crippen LogP contribution in [0.1, 0.15) is 48.0 Å². The van der Waals surface area contributed by atoms with E-state index in [2.05, 4.69) is 25.8 Å². The number of pyridine rings is 1. The summed E-state index contributed by atoms with van der Waals surface area (Å²) in [6, 6.07) is 10.6. The van der Waals surface area contributed by atoms with E-state index in [0.29, 0.717) is 36.1 Å². The molecular formula is C23H28N4O5. The predicted molar refractivity (Wildman–Crippen MR) is 119 cm³/mol. The Morgan fingerprint density at radius 3 is 2.69 bits per heavy atom. The first-order valence-corrected chi connectivity index (χ1v) is 10.6. The summed E-state index contributed by atoms with van der Waals surface area (Å²) in [4.78, 5) is 45.1. The van der Waals surface area contributed by atoms with Gasteiger partial charge in [-0.1, -0.05) is 25.0 Å². The number of methoxy groups -OCH3 is 1. The SMILES string of the molecule is COC(=O)CC(=O)Nc1cc(CNc2ccccc2C(=O)NOCC2CCCC2)ccn1. The Labute approximate surface area is 186 Å². The second-order valence-corrected chi connectivity index (χ2v) is 7.64. The Kier molecular flexibility index (Phi) is 8.56. The lowest BCUT2D eigenvalue weighted by molar-refractivity contribution is -0.142. The first kappa shape index (κ1) is 23.2. The number of benzene rings is 1. The molecule has 3 rings (SSSR count). The van der Waals surface area contributed by atoms with Crippen LogP contribution in [0.3, 0.4) is 0 Å². The summed E-state index contributed by atoms with van der Waals surface area (Å²) >= 11 is 0. The molecule has 0 spiro atoms. The summed E-state index contributed by atoms with van der Waals surface area (Å²) in [6.07, 6.45) is 5.91. The van der Waals surface area contributed by atoms with Crippen LogP contribution in [0.25, 0.3) is 0 Å². The van der Waals surface area contributed by atoms with Crippen molar-refractivity contribution in [2.75, 3.05) is 24.4 Å². The minimum atomic E-state index is -0.623. The molecule has 2 amide bonds. The van der Waals surface area contributed by atoms with Crippen LogP contribution in [0, 0.1) is 5.92 Å². The van der Waals surface area contributed by atoms with E-state index in [1.807, 2.05) is 12.1 Å². The van der Waals surface area contributed by atoms with Gasteiger partial charge in [0.15, 0.2) is 0 Å². The average Bonchev–Trinajstić information content (AvgIpc) is 3.31. The molecule has 9 nitrogen and oxygen atoms in total. The number of nitrogens with zero attached hydrogens (tertiary/aromatic N) is 1. The van der Waals surface area contributed by atoms with Gasteiger partial charge in [-0.25, -0.2) is 10.5 Å². The van der Waals surface area contributed by atoms with Crippen molar-refractivity contribution >= 4 is 29.3 Å². The second-order valence-electron chi connectivity index (χ2n) is 7.64. The lowest BCUT2D eigenvalue weighted by Crippen LogP contribution is -2.27. The second kappa shape index (κ2) is 11.8. The largest absolute Gasteiger partial charge is 0.469 e. The third-order valence-electron chi connectivity index (χ3n) is 5.24. The summed E-state index contributed by atoms with van der Waals surface area (Å²) in [6.45, 7) is 0.929. The van der Waals surface area contributed by atoms with Gasteiger partial charge >= 0.3 is 5.97 Å². The number of ether oxygens (including phenoxy) is 1. The number of carbonyl (C=O) groups is 3. The number of hydroxylamine groups is 1. The molecule has 0 radical (unpaired) electrons. The molecule has 1 aromatic heterocycles. The molecule has 1 fully saturated rings. The molecule has 1 saturated carbocycles. The Morgan fingerprint density at radius 1 is 1.12 bits per heavy atom. The van der Waals surface area contributed by atoms with E-state index in [9.17, 15) is 14.4 Å². The van der Waals surface area contributed by atoms with Crippen molar-refractivity contribution in [1.29, 1.82) is 0 Å². The van der Waals surface area contributed by atoms with Crippen LogP contribution in [0.4, 0.5) is 11.5 Å². The third kappa shape index (κ3) is 7.05. The van der Waals surface area contributed by atoms with Gasteiger partial charge in [0.05, 0.1) is 19.3 Å². The number of rotatable bonds is 10. The van der Waals surface area contributed by atoms with Gasteiger partial charge in [0.1, 0.15) is 12.2 Å². The predicted octanol–water partition coefficient (Wildman–Crippen LogP) is 3.05. The number of aromatic nitrogens is 1. The topological polar surface area (TPSA) is 119 Å². The molecule has 0 saturated heterocycles. The van der Waals surface area contributed by atoms with Crippen molar-refractivity contribution in [3.8, 4) is 0 Å². The maximum Gasteiger partial charge on any atom is 0.315 e. The van der Waals surface area contributed by atoms with Gasteiger partial charge in [-0.15, -0.1) is 0 Å². The van der Waals surface area contributed by atoms with Crippen LogP contribution in [-0.4, -0.2) is 36.5 Å². The van der Waals surface area contributed by atoms with E-state index in [-0.39, 0.29) is 12.3 Å². The molecule has 32 heavy (non-hydrogen) atoms. The van der Waals surface area contributed by atoms with Crippen molar-refractivity contribution in [2.45, 2.75) is 38.6 Å². The molecule has 1 aliphatic rings. The Morgan fingerprint density at radius 2 is 1.91 bits per heavy atom. The molecule has 0 aliphatic heterocycles. The van der Waals surface area contributed by atoms with Crippen LogP contribution in [0.5, 0.6) is 0 Å². The normalized spacial score (nSPS) is 13.4. The maximum atomic E-state index is 12.6. The number of para-hydroxylation sites is 1. The molecule has 1 heterocycles. The molecular weight excluding hydrogens is 412 g/mol. The summed E-state index contributed by atoms with van der Waals surface area (Å²) < 4.78 is 4.48. The van der Waals surface area contributed by atoms with Gasteiger partial charge < -0.3 is 15.4 Å². The zero-order valence-electron chi connectivity index (χ0n) is 18.1. The van der Waals surface area contributed by atoms with E-state index >= 15 is 0 Å². The van der Waals surface area contributed by atoms with Crippen molar-refractivity contribution in [3.63, 3.8) is 0 Å². The van der Waals surface area contributed by atoms with Crippen LogP contribution in [0.2, 0.25) is 0 Å². The Balaban J connectivity index is 1.54. The van der Waals surface area contributed by atoms with Gasteiger partial charge in [0.2, 0.25) is 5.91 Å². The van der Waals surface area contributed by atoms with E-state index in [1.165, 1.54) is 20.0 Å². The highest BCUT2D eigenvalue weighted by molar-refractivity contribution is 6.01. The average molecular weight is 441 g/mol. The van der Waals surface area contributed by atoms with E-state index < -0.39 is 11.9 Å². The first-order chi connectivity index (χ1) is 15.5. The number of nitrogens with one attached hydrogen (secondary N) is 3. The molecule has 0 unspecified atom stereocenters. The van der Waals surface area contributed by atoms with Crippen LogP contribution >= 0.6 is 0 Å². The number of amides is 2. The van der Waals surface area contributed by atoms with Gasteiger partial charge in [-0.3, -0.25) is 19.2 Å². The van der Waals surface area contributed by atoms with E-state index in [0.717, 1.165) is 18.4 Å². The highest BCUT2D eigenvalue weighted by Gasteiger charge is 2.17. The summed E-state index contributed by atoms with van der Waals surface area (Å²) in [5.41, 5.74) is 4.50. The number of carbonyl (C=O) groups excluding carboxylic acids is 3. The molecule has 9 heteroatoms. The third-order valence-corrected chi connectivity index (χ3v) is 5.24. The van der Waals surface area contributed by atoms with Gasteiger partial charge in [-0.05, 0) is 48.6 Å². The summed E-state index contributed by atoms with van der Waals surface area (Å²) in [7, 11) is 1.22. The number of esters is 1. The van der Waals surface area contributed by atoms with Crippen molar-refractivity contribution in [2.24, 2.45) is 5.92 Å². The maximum absolute atomic E-state index is 12.6. The first-order valence-electron chi connectivity index (χ1n) is 10.6. The van der Waals surface area contributed by atoms with Gasteiger partial charge in [-0.2, -0.15) is 0 Å². The standard InChI is InChI=1S/C23H28N4O5/c1-31-22(29)13-21(28)26-20-12-17(10-11-24-20)14-25-19-9-5-4-8-18(19)23(30)27-32-15-16-6-2-3-7-16/h4-5,8-12,16,25H,2-3,6-7,13-15H2,1H3,(H,27,30)(H,24,26,28). The number of hydrogen-bond donors (Lipinski definition) is 3. The van der Waals surface area contributed by atoms with Crippen molar-refractivity contribution in [3.05, 3.63) is 53.7 Å². The van der Waals surface area contributed by atoms with Crippen LogP contribution in [0.15, 0.2) is 42.6 Å². The van der Waals surface area contributed by atoms with E-state index in [4.69, 9.17) is 4.84 Å². The fourth-order valence-electron chi connectivity index (χ4n) is 3.53. The Hall–Kier alpha value is -3.46. The molecule has 1 aromatic carbocycles. The summed E-state index contributed by atoms with van der Waals surface area (Å²) in [5, 5.41) is 5.80. The minimum Gasteiger partial charge on any atom is -0.469 e. The minimum absolute atomic E-state index is 0.309. The number of hydrogen-bond acceptors (Lipinski definition) is 7. The highest BCUT2D eigenvalue weighted by Crippen LogP contribution is 2.24. The molecule has 3 N–H and O–H groups in total. The summed E-state index contributed by atoms with van der Waals surface area (Å²) in [5.74, 6) is -0.602. The molecule has 2 aromatic rings. The van der Waals surface area contributed by atoms with Crippen LogP contribution in [-0.2, 0) is 25.7 Å². The van der Waals surface area contributed by atoms with Gasteiger partial charge in [0, 0.05) is 18.4 Å². The molecule has 0 bridgehead atoms. The van der Waals surface area contributed by atoms with Crippen molar-refractivity contribution < 1.29 is 24.0 Å². The monoisotopic (exact) mass is 440 g/mol. The fraction of sp³-hybridized carbons (Fsp3) is 0.391. The lowest BCUT2D eigenvalue weighted by atomic mass is 10.1. The molecule has 170 valence electrons. The highest BCUT2D eigenvalue weighted by atomic mass is 16.7. The number of anilines is 2. The van der Waals surface area contributed by atoms with E-state index in [1.54, 1.807) is 30.5 Å². The van der Waals surface area contributed by atoms with Crippen molar-refractivity contribution in [1.82, 2.24) is 10.5 Å². The molecule has 1 aliphatic carbocycles.